The summed E-state index contributed by atoms with van der Waals surface area (Å²) in [6.45, 7) is 2.33. The zero-order chi connectivity index (χ0) is 22.8. The van der Waals surface area contributed by atoms with Gasteiger partial charge in [0.15, 0.2) is 11.5 Å². The lowest BCUT2D eigenvalue weighted by Gasteiger charge is -2.09. The first-order chi connectivity index (χ1) is 16.1. The van der Waals surface area contributed by atoms with Crippen molar-refractivity contribution in [2.75, 3.05) is 12.1 Å². The Morgan fingerprint density at radius 2 is 2.06 bits per heavy atom. The smallest absolute Gasteiger partial charge is 0.275 e. The van der Waals surface area contributed by atoms with Crippen LogP contribution in [0.3, 0.4) is 0 Å². The van der Waals surface area contributed by atoms with Crippen molar-refractivity contribution in [2.45, 2.75) is 26.4 Å². The molecule has 3 heterocycles. The molecule has 4 aromatic rings. The van der Waals surface area contributed by atoms with Gasteiger partial charge in [-0.3, -0.25) is 9.59 Å². The molecule has 0 atom stereocenters. The number of rotatable bonds is 7. The number of anilines is 1. The molecule has 0 saturated heterocycles. The highest BCUT2D eigenvalue weighted by atomic mass is 32.1. The van der Waals surface area contributed by atoms with E-state index in [9.17, 15) is 9.59 Å². The largest absolute Gasteiger partial charge is 0.487 e. The Morgan fingerprint density at radius 3 is 2.94 bits per heavy atom. The second-order valence-electron chi connectivity index (χ2n) is 7.36. The van der Waals surface area contributed by atoms with E-state index in [1.807, 2.05) is 0 Å². The first-order valence-electron chi connectivity index (χ1n) is 10.4. The molecule has 168 valence electrons. The molecule has 1 aliphatic rings. The standard InChI is InChI=1S/C23H20N4O5S/c1-2-4-20-26-27-21(28)11-16(25-23(27)33-20)12-30-17-6-3-5-15(10-17)24-22(29)14-7-8-18-19(9-14)32-13-31-18/h3,5-11H,2,4,12-13H2,1H3,(H,24,29). The van der Waals surface area contributed by atoms with Gasteiger partial charge < -0.3 is 19.5 Å². The summed E-state index contributed by atoms with van der Waals surface area (Å²) in [6, 6.07) is 13.5. The molecule has 1 N–H and O–H groups in total. The summed E-state index contributed by atoms with van der Waals surface area (Å²) >= 11 is 1.41. The van der Waals surface area contributed by atoms with Gasteiger partial charge in [-0.1, -0.05) is 24.3 Å². The number of ether oxygens (including phenoxy) is 3. The Hall–Kier alpha value is -3.92. The van der Waals surface area contributed by atoms with Gasteiger partial charge in [-0.15, -0.1) is 0 Å². The van der Waals surface area contributed by atoms with Crippen molar-refractivity contribution < 1.29 is 19.0 Å². The van der Waals surface area contributed by atoms with Crippen LogP contribution in [0.2, 0.25) is 0 Å². The van der Waals surface area contributed by atoms with Crippen molar-refractivity contribution >= 4 is 27.9 Å². The number of amides is 1. The second-order valence-corrected chi connectivity index (χ2v) is 8.41. The number of carbonyl (C=O) groups excluding carboxylic acids is 1. The van der Waals surface area contributed by atoms with Gasteiger partial charge in [0, 0.05) is 29.8 Å². The maximum Gasteiger partial charge on any atom is 0.275 e. The lowest BCUT2D eigenvalue weighted by Crippen LogP contribution is -2.16. The maximum absolute atomic E-state index is 12.6. The highest BCUT2D eigenvalue weighted by Crippen LogP contribution is 2.32. The third kappa shape index (κ3) is 4.51. The Kier molecular flexibility index (Phi) is 5.66. The fraction of sp³-hybridized carbons (Fsp3) is 0.217. The fourth-order valence-corrected chi connectivity index (χ4v) is 4.37. The van der Waals surface area contributed by atoms with Crippen LogP contribution in [0.5, 0.6) is 17.2 Å². The number of benzene rings is 2. The van der Waals surface area contributed by atoms with Gasteiger partial charge in [-0.25, -0.2) is 4.98 Å². The molecule has 0 spiro atoms. The summed E-state index contributed by atoms with van der Waals surface area (Å²) in [5.74, 6) is 1.42. The summed E-state index contributed by atoms with van der Waals surface area (Å²) in [7, 11) is 0. The number of hydrogen-bond donors (Lipinski definition) is 1. The predicted molar refractivity (Wildman–Crippen MR) is 122 cm³/mol. The lowest BCUT2D eigenvalue weighted by atomic mass is 10.2. The van der Waals surface area contributed by atoms with E-state index in [1.54, 1.807) is 42.5 Å². The zero-order valence-electron chi connectivity index (χ0n) is 17.7. The first-order valence-corrected chi connectivity index (χ1v) is 11.2. The van der Waals surface area contributed by atoms with E-state index in [4.69, 9.17) is 14.2 Å². The Labute approximate surface area is 192 Å². The Bertz CT molecular complexity index is 1400. The monoisotopic (exact) mass is 464 g/mol. The second kappa shape index (κ2) is 8.91. The fourth-order valence-electron chi connectivity index (χ4n) is 3.35. The molecule has 10 heteroatoms. The van der Waals surface area contributed by atoms with Crippen LogP contribution in [0, 0.1) is 0 Å². The van der Waals surface area contributed by atoms with Crippen LogP contribution < -0.4 is 25.1 Å². The first kappa shape index (κ1) is 21.0. The van der Waals surface area contributed by atoms with E-state index in [0.29, 0.717) is 39.2 Å². The zero-order valence-corrected chi connectivity index (χ0v) is 18.6. The quantitative estimate of drug-likeness (QED) is 0.445. The van der Waals surface area contributed by atoms with Crippen molar-refractivity contribution in [3.8, 4) is 17.2 Å². The van der Waals surface area contributed by atoms with Crippen LogP contribution in [0.4, 0.5) is 5.69 Å². The average Bonchev–Trinajstić information content (AvgIpc) is 3.44. The van der Waals surface area contributed by atoms with E-state index in [2.05, 4.69) is 22.3 Å². The summed E-state index contributed by atoms with van der Waals surface area (Å²) in [5, 5.41) is 8.03. The lowest BCUT2D eigenvalue weighted by molar-refractivity contribution is 0.102. The number of nitrogens with zero attached hydrogens (tertiary/aromatic N) is 3. The predicted octanol–water partition coefficient (Wildman–Crippen LogP) is 3.66. The van der Waals surface area contributed by atoms with Crippen molar-refractivity contribution in [1.82, 2.24) is 14.6 Å². The van der Waals surface area contributed by atoms with Crippen LogP contribution in [0.25, 0.3) is 4.96 Å². The number of hydrogen-bond acceptors (Lipinski definition) is 8. The molecular weight excluding hydrogens is 444 g/mol. The molecule has 1 amide bonds. The molecular formula is C23H20N4O5S. The van der Waals surface area contributed by atoms with Gasteiger partial charge >= 0.3 is 0 Å². The minimum atomic E-state index is -0.279. The van der Waals surface area contributed by atoms with E-state index in [1.165, 1.54) is 21.9 Å². The average molecular weight is 465 g/mol. The molecule has 0 unspecified atom stereocenters. The molecule has 33 heavy (non-hydrogen) atoms. The van der Waals surface area contributed by atoms with E-state index in [0.717, 1.165) is 17.8 Å². The van der Waals surface area contributed by atoms with Crippen LogP contribution in [-0.4, -0.2) is 27.3 Å². The van der Waals surface area contributed by atoms with Gasteiger partial charge in [0.2, 0.25) is 11.8 Å². The molecule has 2 aromatic carbocycles. The number of aryl methyl sites for hydroxylation is 1. The highest BCUT2D eigenvalue weighted by molar-refractivity contribution is 7.16. The molecule has 0 bridgehead atoms. The Morgan fingerprint density at radius 1 is 1.18 bits per heavy atom. The van der Waals surface area contributed by atoms with Crippen molar-refractivity contribution in [3.05, 3.63) is 75.1 Å². The molecule has 0 aliphatic carbocycles. The van der Waals surface area contributed by atoms with E-state index < -0.39 is 0 Å². The third-order valence-corrected chi connectivity index (χ3v) is 5.89. The van der Waals surface area contributed by atoms with Gasteiger partial charge in [0.05, 0.1) is 5.69 Å². The summed E-state index contributed by atoms with van der Waals surface area (Å²) in [5.41, 5.74) is 1.31. The molecule has 0 fully saturated rings. The van der Waals surface area contributed by atoms with E-state index in [-0.39, 0.29) is 24.9 Å². The van der Waals surface area contributed by atoms with Crippen LogP contribution in [0.1, 0.15) is 34.4 Å². The number of aromatic nitrogens is 3. The van der Waals surface area contributed by atoms with Crippen LogP contribution in [0.15, 0.2) is 53.3 Å². The normalized spacial score (nSPS) is 12.2. The van der Waals surface area contributed by atoms with Crippen LogP contribution >= 0.6 is 11.3 Å². The molecule has 9 nitrogen and oxygen atoms in total. The summed E-state index contributed by atoms with van der Waals surface area (Å²) in [4.78, 5) is 30.0. The van der Waals surface area contributed by atoms with Crippen molar-refractivity contribution in [3.63, 3.8) is 0 Å². The minimum absolute atomic E-state index is 0.117. The summed E-state index contributed by atoms with van der Waals surface area (Å²) < 4.78 is 17.7. The van der Waals surface area contributed by atoms with Crippen molar-refractivity contribution in [2.24, 2.45) is 0 Å². The number of nitrogens with one attached hydrogen (secondary N) is 1. The number of carbonyl (C=O) groups is 1. The number of fused-ring (bicyclic) bond motifs is 2. The molecule has 0 saturated carbocycles. The third-order valence-electron chi connectivity index (χ3n) is 4.92. The molecule has 2 aromatic heterocycles. The van der Waals surface area contributed by atoms with Gasteiger partial charge in [-0.05, 0) is 36.8 Å². The van der Waals surface area contributed by atoms with Gasteiger partial charge in [0.1, 0.15) is 17.4 Å². The molecule has 1 aliphatic heterocycles. The van der Waals surface area contributed by atoms with Gasteiger partial charge in [-0.2, -0.15) is 9.61 Å². The highest BCUT2D eigenvalue weighted by Gasteiger charge is 2.16. The maximum atomic E-state index is 12.6. The topological polar surface area (TPSA) is 104 Å². The summed E-state index contributed by atoms with van der Waals surface area (Å²) in [6.07, 6.45) is 1.76. The van der Waals surface area contributed by atoms with Gasteiger partial charge in [0.25, 0.3) is 11.5 Å². The Balaban J connectivity index is 1.27. The van der Waals surface area contributed by atoms with Crippen LogP contribution in [-0.2, 0) is 13.0 Å². The minimum Gasteiger partial charge on any atom is -0.487 e. The van der Waals surface area contributed by atoms with Crippen molar-refractivity contribution in [1.29, 1.82) is 0 Å². The molecule has 5 rings (SSSR count). The van der Waals surface area contributed by atoms with E-state index >= 15 is 0 Å². The SMILES string of the molecule is CCCc1nn2c(=O)cc(COc3cccc(NC(=O)c4ccc5c(c4)OCO5)c3)nc2s1. The molecule has 0 radical (unpaired) electrons.